The van der Waals surface area contributed by atoms with Crippen molar-refractivity contribution >= 4 is 0 Å². The third-order valence-corrected chi connectivity index (χ3v) is 10.6. The Balaban J connectivity index is 1.54. The molecule has 0 bridgehead atoms. The highest BCUT2D eigenvalue weighted by Crippen LogP contribution is 2.67. The van der Waals surface area contributed by atoms with Crippen molar-refractivity contribution in [3.05, 3.63) is 23.8 Å². The van der Waals surface area contributed by atoms with Gasteiger partial charge in [-0.15, -0.1) is 0 Å². The van der Waals surface area contributed by atoms with Gasteiger partial charge in [-0.2, -0.15) is 0 Å². The van der Waals surface area contributed by atoms with Crippen molar-refractivity contribution in [1.82, 2.24) is 0 Å². The Bertz CT molecular complexity index is 693. The summed E-state index contributed by atoms with van der Waals surface area (Å²) in [4.78, 5) is 0. The molecule has 4 rings (SSSR count). The molecule has 4 aliphatic carbocycles. The predicted molar refractivity (Wildman–Crippen MR) is 125 cm³/mol. The molecule has 2 heteroatoms. The SMILES string of the molecule is C=C(CC[C@@H](C)[C@H]1CC[C@H]2C3=C[C@H](O)[C@H]4C[C@@H](O)CC[C@]4(C)[C@H]3CC[C@]12C)C(C)C. The first-order chi connectivity index (χ1) is 14.1. The molecule has 4 aliphatic rings. The summed E-state index contributed by atoms with van der Waals surface area (Å²) in [6.45, 7) is 16.3. The van der Waals surface area contributed by atoms with Gasteiger partial charge in [-0.05, 0) is 104 Å². The van der Waals surface area contributed by atoms with Crippen LogP contribution in [0.5, 0.6) is 0 Å². The van der Waals surface area contributed by atoms with E-state index in [1.165, 1.54) is 44.1 Å². The number of fused-ring (bicyclic) bond motifs is 5. The Morgan fingerprint density at radius 1 is 1.03 bits per heavy atom. The Morgan fingerprint density at radius 2 is 1.70 bits per heavy atom. The molecule has 30 heavy (non-hydrogen) atoms. The summed E-state index contributed by atoms with van der Waals surface area (Å²) in [6, 6.07) is 0. The van der Waals surface area contributed by atoms with Gasteiger partial charge >= 0.3 is 0 Å². The Labute approximate surface area is 185 Å². The van der Waals surface area contributed by atoms with Gasteiger partial charge in [-0.25, -0.2) is 0 Å². The minimum atomic E-state index is -0.371. The molecular weight excluding hydrogens is 368 g/mol. The van der Waals surface area contributed by atoms with Crippen LogP contribution in [0.2, 0.25) is 0 Å². The summed E-state index contributed by atoms with van der Waals surface area (Å²) in [6.07, 6.45) is 12.1. The molecule has 2 nitrogen and oxygen atoms in total. The lowest BCUT2D eigenvalue weighted by Crippen LogP contribution is -2.53. The molecule has 0 aromatic rings. The Kier molecular flexibility index (Phi) is 6.08. The van der Waals surface area contributed by atoms with E-state index in [0.717, 1.165) is 31.1 Å². The minimum absolute atomic E-state index is 0.169. The standard InChI is InChI=1S/C28H46O2/c1-17(2)18(3)7-8-19(4)22-9-10-23-21-16-26(30)25-15-20(29)11-13-28(25,6)24(21)12-14-27(22,23)5/h16-17,19-20,22-26,29-30H,3,7-15H2,1-2,4-6H3/t19-,20+,22-,23+,24+,25-,26+,27-,28-/m1/s1. The zero-order valence-corrected chi connectivity index (χ0v) is 20.2. The quantitative estimate of drug-likeness (QED) is 0.502. The van der Waals surface area contributed by atoms with Gasteiger partial charge in [0.25, 0.3) is 0 Å². The molecule has 3 fully saturated rings. The molecule has 3 saturated carbocycles. The molecule has 0 aromatic carbocycles. The van der Waals surface area contributed by atoms with Crippen molar-refractivity contribution in [2.75, 3.05) is 0 Å². The molecule has 9 atom stereocenters. The van der Waals surface area contributed by atoms with E-state index in [2.05, 4.69) is 47.3 Å². The van der Waals surface area contributed by atoms with Crippen molar-refractivity contribution in [3.8, 4) is 0 Å². The van der Waals surface area contributed by atoms with E-state index in [1.54, 1.807) is 5.57 Å². The fourth-order valence-corrected chi connectivity index (χ4v) is 8.43. The summed E-state index contributed by atoms with van der Waals surface area (Å²) in [7, 11) is 0. The summed E-state index contributed by atoms with van der Waals surface area (Å²) >= 11 is 0. The van der Waals surface area contributed by atoms with Crippen molar-refractivity contribution in [3.63, 3.8) is 0 Å². The van der Waals surface area contributed by atoms with E-state index in [-0.39, 0.29) is 23.5 Å². The normalized spacial score (nSPS) is 46.6. The van der Waals surface area contributed by atoms with E-state index < -0.39 is 0 Å². The van der Waals surface area contributed by atoms with Crippen LogP contribution in [0.1, 0.15) is 92.4 Å². The zero-order valence-electron chi connectivity index (χ0n) is 20.2. The van der Waals surface area contributed by atoms with E-state index in [0.29, 0.717) is 23.2 Å². The Morgan fingerprint density at radius 3 is 2.40 bits per heavy atom. The van der Waals surface area contributed by atoms with E-state index in [9.17, 15) is 10.2 Å². The summed E-state index contributed by atoms with van der Waals surface area (Å²) in [5, 5.41) is 21.4. The van der Waals surface area contributed by atoms with Crippen LogP contribution >= 0.6 is 0 Å². The molecular formula is C28H46O2. The van der Waals surface area contributed by atoms with Crippen LogP contribution in [0.4, 0.5) is 0 Å². The topological polar surface area (TPSA) is 40.5 Å². The van der Waals surface area contributed by atoms with E-state index in [1.807, 2.05) is 0 Å². The Hall–Kier alpha value is -0.600. The molecule has 0 spiro atoms. The smallest absolute Gasteiger partial charge is 0.0758 e. The van der Waals surface area contributed by atoms with E-state index >= 15 is 0 Å². The summed E-state index contributed by atoms with van der Waals surface area (Å²) < 4.78 is 0. The maximum atomic E-state index is 11.1. The number of hydrogen-bond donors (Lipinski definition) is 2. The molecule has 0 aromatic heterocycles. The third-order valence-electron chi connectivity index (χ3n) is 10.6. The van der Waals surface area contributed by atoms with Crippen LogP contribution in [0.15, 0.2) is 23.8 Å². The van der Waals surface area contributed by atoms with Crippen molar-refractivity contribution in [2.45, 2.75) is 105 Å². The average molecular weight is 415 g/mol. The maximum Gasteiger partial charge on any atom is 0.0758 e. The lowest BCUT2D eigenvalue weighted by molar-refractivity contribution is -0.0835. The number of aliphatic hydroxyl groups is 2. The van der Waals surface area contributed by atoms with Crippen LogP contribution in [-0.4, -0.2) is 22.4 Å². The van der Waals surface area contributed by atoms with Crippen LogP contribution in [0.3, 0.4) is 0 Å². The number of hydrogen-bond acceptors (Lipinski definition) is 2. The monoisotopic (exact) mass is 414 g/mol. The van der Waals surface area contributed by atoms with Crippen LogP contribution < -0.4 is 0 Å². The molecule has 0 radical (unpaired) electrons. The first-order valence-corrected chi connectivity index (χ1v) is 12.8. The second-order valence-electron chi connectivity index (χ2n) is 12.4. The van der Waals surface area contributed by atoms with Crippen molar-refractivity contribution in [1.29, 1.82) is 0 Å². The van der Waals surface area contributed by atoms with Crippen molar-refractivity contribution in [2.24, 2.45) is 46.3 Å². The predicted octanol–water partition coefficient (Wildman–Crippen LogP) is 6.53. The zero-order chi connectivity index (χ0) is 21.8. The van der Waals surface area contributed by atoms with Gasteiger partial charge in [-0.1, -0.05) is 58.4 Å². The number of aliphatic hydroxyl groups excluding tert-OH is 2. The van der Waals surface area contributed by atoms with E-state index in [4.69, 9.17) is 0 Å². The lowest BCUT2D eigenvalue weighted by Gasteiger charge is -2.58. The molecule has 2 N–H and O–H groups in total. The fourth-order valence-electron chi connectivity index (χ4n) is 8.43. The number of allylic oxidation sites excluding steroid dienone is 2. The molecule has 0 unspecified atom stereocenters. The van der Waals surface area contributed by atoms with Gasteiger partial charge in [0, 0.05) is 0 Å². The first-order valence-electron chi connectivity index (χ1n) is 12.8. The van der Waals surface area contributed by atoms with Gasteiger partial charge in [-0.3, -0.25) is 0 Å². The minimum Gasteiger partial charge on any atom is -0.393 e. The van der Waals surface area contributed by atoms with Gasteiger partial charge in [0.15, 0.2) is 0 Å². The van der Waals surface area contributed by atoms with Crippen molar-refractivity contribution < 1.29 is 10.2 Å². The van der Waals surface area contributed by atoms with Gasteiger partial charge in [0.1, 0.15) is 0 Å². The first kappa shape index (κ1) is 22.6. The third kappa shape index (κ3) is 3.54. The van der Waals surface area contributed by atoms with Gasteiger partial charge in [0.2, 0.25) is 0 Å². The molecule has 0 saturated heterocycles. The number of rotatable bonds is 5. The summed E-state index contributed by atoms with van der Waals surface area (Å²) in [5.74, 6) is 3.63. The lowest BCUT2D eigenvalue weighted by atomic mass is 9.47. The average Bonchev–Trinajstić information content (AvgIpc) is 3.04. The second-order valence-corrected chi connectivity index (χ2v) is 12.4. The molecule has 0 aliphatic heterocycles. The highest BCUT2D eigenvalue weighted by Gasteiger charge is 2.59. The highest BCUT2D eigenvalue weighted by atomic mass is 16.3. The second kappa shape index (κ2) is 8.07. The largest absolute Gasteiger partial charge is 0.393 e. The molecule has 170 valence electrons. The highest BCUT2D eigenvalue weighted by molar-refractivity contribution is 5.29. The van der Waals surface area contributed by atoms with Crippen LogP contribution in [0, 0.1) is 46.3 Å². The van der Waals surface area contributed by atoms with Gasteiger partial charge in [0.05, 0.1) is 12.2 Å². The maximum absolute atomic E-state index is 11.1. The fraction of sp³-hybridized carbons (Fsp3) is 0.857. The van der Waals surface area contributed by atoms with Crippen LogP contribution in [0.25, 0.3) is 0 Å². The summed E-state index contributed by atoms with van der Waals surface area (Å²) in [5.41, 5.74) is 3.57. The molecule has 0 heterocycles. The van der Waals surface area contributed by atoms with Gasteiger partial charge < -0.3 is 10.2 Å². The van der Waals surface area contributed by atoms with Crippen LogP contribution in [-0.2, 0) is 0 Å². The molecule has 0 amide bonds.